The van der Waals surface area contributed by atoms with Crippen LogP contribution in [0, 0.1) is 19.8 Å². The molecule has 2 rings (SSSR count). The lowest BCUT2D eigenvalue weighted by Gasteiger charge is -2.34. The van der Waals surface area contributed by atoms with E-state index in [2.05, 4.69) is 10.5 Å². The van der Waals surface area contributed by atoms with Gasteiger partial charge in [0.25, 0.3) is 0 Å². The van der Waals surface area contributed by atoms with Crippen LogP contribution in [0.2, 0.25) is 0 Å². The summed E-state index contributed by atoms with van der Waals surface area (Å²) in [5.41, 5.74) is 0.914. The van der Waals surface area contributed by atoms with Crippen molar-refractivity contribution in [2.24, 2.45) is 5.92 Å². The molecule has 0 spiro atoms. The molecule has 136 valence electrons. The number of nitrogens with zero attached hydrogens (tertiary/aromatic N) is 2. The Morgan fingerprint density at radius 1 is 1.29 bits per heavy atom. The minimum absolute atomic E-state index is 0.133. The zero-order chi connectivity index (χ0) is 18.1. The van der Waals surface area contributed by atoms with Crippen LogP contribution >= 0.6 is 0 Å². The largest absolute Gasteiger partial charge is 0.401 e. The monoisotopic (exact) mass is 347 g/mol. The molecule has 5 nitrogen and oxygen atoms in total. The van der Waals surface area contributed by atoms with Gasteiger partial charge in [-0.1, -0.05) is 5.16 Å². The molecule has 2 heterocycles. The zero-order valence-electron chi connectivity index (χ0n) is 14.5. The number of likely N-dealkylation sites (tertiary alicyclic amines) is 1. The second kappa shape index (κ2) is 6.74. The quantitative estimate of drug-likeness (QED) is 0.910. The average molecular weight is 347 g/mol. The summed E-state index contributed by atoms with van der Waals surface area (Å²) >= 11 is 0. The highest BCUT2D eigenvalue weighted by molar-refractivity contribution is 5.79. The Bertz CT molecular complexity index is 568. The van der Waals surface area contributed by atoms with Gasteiger partial charge in [-0.2, -0.15) is 13.2 Å². The summed E-state index contributed by atoms with van der Waals surface area (Å²) in [6.45, 7) is 7.00. The van der Waals surface area contributed by atoms with E-state index < -0.39 is 18.3 Å². The van der Waals surface area contributed by atoms with Crippen LogP contribution in [-0.4, -0.2) is 41.8 Å². The van der Waals surface area contributed by atoms with Crippen LogP contribution in [0.1, 0.15) is 43.7 Å². The third-order valence-electron chi connectivity index (χ3n) is 4.46. The molecule has 0 radical (unpaired) electrons. The number of carbonyl (C=O) groups excluding carboxylic acids is 1. The van der Waals surface area contributed by atoms with Gasteiger partial charge in [0, 0.05) is 11.5 Å². The fraction of sp³-hybridized carbons (Fsp3) is 0.750. The van der Waals surface area contributed by atoms with E-state index in [1.165, 1.54) is 4.90 Å². The molecule has 1 N–H and O–H groups in total. The number of hydrogen-bond donors (Lipinski definition) is 1. The average Bonchev–Trinajstić information content (AvgIpc) is 2.77. The van der Waals surface area contributed by atoms with E-state index in [0.29, 0.717) is 18.6 Å². The molecule has 0 atom stereocenters. The van der Waals surface area contributed by atoms with Crippen LogP contribution in [-0.2, 0) is 10.3 Å². The third kappa shape index (κ3) is 4.49. The highest BCUT2D eigenvalue weighted by Crippen LogP contribution is 2.28. The summed E-state index contributed by atoms with van der Waals surface area (Å²) in [4.78, 5) is 13.9. The van der Waals surface area contributed by atoms with Crippen LogP contribution < -0.4 is 5.32 Å². The fourth-order valence-corrected chi connectivity index (χ4v) is 3.45. The van der Waals surface area contributed by atoms with Gasteiger partial charge < -0.3 is 9.84 Å². The van der Waals surface area contributed by atoms with Crippen LogP contribution in [0.15, 0.2) is 4.52 Å². The molecule has 0 aliphatic carbocycles. The molecular formula is C16H24F3N3O2. The van der Waals surface area contributed by atoms with Crippen LogP contribution in [0.5, 0.6) is 0 Å². The van der Waals surface area contributed by atoms with E-state index in [4.69, 9.17) is 4.52 Å². The Labute approximate surface area is 139 Å². The maximum absolute atomic E-state index is 12.5. The van der Waals surface area contributed by atoms with Gasteiger partial charge in [-0.3, -0.25) is 9.69 Å². The summed E-state index contributed by atoms with van der Waals surface area (Å²) in [5.74, 6) is 0.249. The number of amides is 1. The molecule has 1 aliphatic heterocycles. The smallest absolute Gasteiger partial charge is 0.361 e. The van der Waals surface area contributed by atoms with Crippen molar-refractivity contribution in [3.05, 3.63) is 17.0 Å². The molecular weight excluding hydrogens is 323 g/mol. The van der Waals surface area contributed by atoms with Crippen LogP contribution in [0.25, 0.3) is 0 Å². The number of rotatable bonds is 4. The molecule has 1 fully saturated rings. The van der Waals surface area contributed by atoms with E-state index in [1.807, 2.05) is 20.8 Å². The summed E-state index contributed by atoms with van der Waals surface area (Å²) in [6.07, 6.45) is -3.33. The lowest BCUT2D eigenvalue weighted by Crippen LogP contribution is -2.48. The highest BCUT2D eigenvalue weighted by Gasteiger charge is 2.36. The number of piperidine rings is 1. The van der Waals surface area contributed by atoms with E-state index in [1.54, 1.807) is 6.92 Å². The Kier molecular flexibility index (Phi) is 5.27. The first-order valence-electron chi connectivity index (χ1n) is 8.04. The number of alkyl halides is 3. The normalized spacial score (nSPS) is 18.0. The SMILES string of the molecule is Cc1noc(C)c1C(C)(C)NC(=O)C1CCN(CC(F)(F)F)CC1. The van der Waals surface area contributed by atoms with Crippen molar-refractivity contribution in [2.75, 3.05) is 19.6 Å². The number of halogens is 3. The molecule has 0 saturated carbocycles. The van der Waals surface area contributed by atoms with Gasteiger partial charge in [0.2, 0.25) is 5.91 Å². The number of nitrogens with one attached hydrogen (secondary N) is 1. The minimum atomic E-state index is -4.19. The molecule has 8 heteroatoms. The van der Waals surface area contributed by atoms with Gasteiger partial charge in [0.15, 0.2) is 0 Å². The number of carbonyl (C=O) groups is 1. The Morgan fingerprint density at radius 2 is 1.88 bits per heavy atom. The molecule has 1 amide bonds. The first-order chi connectivity index (χ1) is 11.0. The van der Waals surface area contributed by atoms with Crippen molar-refractivity contribution in [1.29, 1.82) is 0 Å². The lowest BCUT2D eigenvalue weighted by atomic mass is 9.90. The molecule has 24 heavy (non-hydrogen) atoms. The summed E-state index contributed by atoms with van der Waals surface area (Å²) in [7, 11) is 0. The van der Waals surface area contributed by atoms with Crippen molar-refractivity contribution < 1.29 is 22.5 Å². The van der Waals surface area contributed by atoms with E-state index in [9.17, 15) is 18.0 Å². The predicted octanol–water partition coefficient (Wildman–Crippen LogP) is 2.92. The maximum atomic E-state index is 12.5. The van der Waals surface area contributed by atoms with E-state index >= 15 is 0 Å². The van der Waals surface area contributed by atoms with Gasteiger partial charge in [-0.25, -0.2) is 0 Å². The Hall–Kier alpha value is -1.57. The van der Waals surface area contributed by atoms with Gasteiger partial charge in [-0.15, -0.1) is 0 Å². The molecule has 0 bridgehead atoms. The third-order valence-corrected chi connectivity index (χ3v) is 4.46. The van der Waals surface area contributed by atoms with E-state index in [-0.39, 0.29) is 24.9 Å². The fourth-order valence-electron chi connectivity index (χ4n) is 3.45. The minimum Gasteiger partial charge on any atom is -0.361 e. The highest BCUT2D eigenvalue weighted by atomic mass is 19.4. The molecule has 1 aliphatic rings. The number of aryl methyl sites for hydroxylation is 2. The summed E-state index contributed by atoms with van der Waals surface area (Å²) in [6, 6.07) is 0. The van der Waals surface area contributed by atoms with Crippen molar-refractivity contribution >= 4 is 5.91 Å². The molecule has 0 aromatic carbocycles. The van der Waals surface area contributed by atoms with Gasteiger partial charge in [-0.05, 0) is 53.6 Å². The first-order valence-corrected chi connectivity index (χ1v) is 8.04. The molecule has 0 unspecified atom stereocenters. The van der Waals surface area contributed by atoms with Crippen molar-refractivity contribution in [3.8, 4) is 0 Å². The van der Waals surface area contributed by atoms with E-state index in [0.717, 1.165) is 11.3 Å². The molecule has 1 aromatic heterocycles. The lowest BCUT2D eigenvalue weighted by molar-refractivity contribution is -0.149. The topological polar surface area (TPSA) is 58.4 Å². The zero-order valence-corrected chi connectivity index (χ0v) is 14.5. The van der Waals surface area contributed by atoms with Gasteiger partial charge >= 0.3 is 6.18 Å². The Balaban J connectivity index is 1.94. The van der Waals surface area contributed by atoms with Gasteiger partial charge in [0.05, 0.1) is 17.8 Å². The second-order valence-corrected chi connectivity index (χ2v) is 6.98. The van der Waals surface area contributed by atoms with Crippen molar-refractivity contribution in [1.82, 2.24) is 15.4 Å². The summed E-state index contributed by atoms with van der Waals surface area (Å²) in [5, 5.41) is 6.90. The van der Waals surface area contributed by atoms with Crippen molar-refractivity contribution in [2.45, 2.75) is 52.3 Å². The standard InChI is InChI=1S/C16H24F3N3O2/c1-10-13(11(2)24-21-10)15(3,4)20-14(23)12-5-7-22(8-6-12)9-16(17,18)19/h12H,5-9H2,1-4H3,(H,20,23). The van der Waals surface area contributed by atoms with Crippen molar-refractivity contribution in [3.63, 3.8) is 0 Å². The van der Waals surface area contributed by atoms with Gasteiger partial charge in [0.1, 0.15) is 5.76 Å². The number of hydrogen-bond acceptors (Lipinski definition) is 4. The Morgan fingerprint density at radius 3 is 2.33 bits per heavy atom. The first kappa shape index (κ1) is 18.8. The maximum Gasteiger partial charge on any atom is 0.401 e. The molecule has 1 aromatic rings. The molecule has 1 saturated heterocycles. The number of aromatic nitrogens is 1. The van der Waals surface area contributed by atoms with Crippen LogP contribution in [0.3, 0.4) is 0 Å². The van der Waals surface area contributed by atoms with Crippen LogP contribution in [0.4, 0.5) is 13.2 Å². The second-order valence-electron chi connectivity index (χ2n) is 6.98. The summed E-state index contributed by atoms with van der Waals surface area (Å²) < 4.78 is 42.4. The predicted molar refractivity (Wildman–Crippen MR) is 82.4 cm³/mol.